The molecule has 1 atom stereocenters. The van der Waals surface area contributed by atoms with E-state index in [2.05, 4.69) is 13.2 Å². The van der Waals surface area contributed by atoms with Crippen LogP contribution >= 0.6 is 0 Å². The Morgan fingerprint density at radius 1 is 1.29 bits per heavy atom. The molecule has 80 valence electrons. The van der Waals surface area contributed by atoms with Crippen molar-refractivity contribution >= 4 is 8.80 Å². The van der Waals surface area contributed by atoms with Gasteiger partial charge < -0.3 is 10.5 Å². The average Bonchev–Trinajstić information content (AvgIpc) is 2.19. The van der Waals surface area contributed by atoms with Crippen molar-refractivity contribution in [2.75, 3.05) is 6.61 Å². The lowest BCUT2D eigenvalue weighted by Crippen LogP contribution is -2.57. The van der Waals surface area contributed by atoms with Gasteiger partial charge in [-0.05, 0) is 31.4 Å². The maximum atomic E-state index is 6.32. The summed E-state index contributed by atoms with van der Waals surface area (Å²) in [5.74, 6) is 0. The van der Waals surface area contributed by atoms with Gasteiger partial charge in [-0.3, -0.25) is 0 Å². The van der Waals surface area contributed by atoms with Gasteiger partial charge in [0, 0.05) is 6.61 Å². The monoisotopic (exact) mass is 211 g/mol. The molecular formula is C11H21NOSi. The smallest absolute Gasteiger partial charge is 0.101 e. The number of hydrogen-bond donors (Lipinski definition) is 1. The molecule has 14 heavy (non-hydrogen) atoms. The molecule has 0 aliphatic carbocycles. The normalized spacial score (nSPS) is 27.6. The van der Waals surface area contributed by atoms with E-state index in [1.54, 1.807) is 0 Å². The Hall–Kier alpha value is -0.383. The van der Waals surface area contributed by atoms with E-state index >= 15 is 0 Å². The molecule has 0 amide bonds. The first-order valence-corrected chi connectivity index (χ1v) is 7.58. The Bertz CT molecular complexity index is 189. The van der Waals surface area contributed by atoms with Crippen LogP contribution < -0.4 is 5.73 Å². The van der Waals surface area contributed by atoms with Crippen LogP contribution in [0.2, 0.25) is 12.1 Å². The minimum Gasteiger partial charge on any atom is -0.365 e. The van der Waals surface area contributed by atoms with Crippen LogP contribution in [-0.2, 0) is 4.74 Å². The fraction of sp³-hybridized carbons (Fsp3) is 0.636. The molecule has 0 spiro atoms. The van der Waals surface area contributed by atoms with Crippen molar-refractivity contribution in [2.24, 2.45) is 5.73 Å². The highest BCUT2D eigenvalue weighted by Crippen LogP contribution is 2.26. The summed E-state index contributed by atoms with van der Waals surface area (Å²) in [5.41, 5.74) is 6.32. The van der Waals surface area contributed by atoms with E-state index in [1.165, 1.54) is 6.42 Å². The Labute approximate surface area is 88.4 Å². The molecule has 0 saturated carbocycles. The summed E-state index contributed by atoms with van der Waals surface area (Å²) >= 11 is 0. The minimum absolute atomic E-state index is 0.305. The predicted molar refractivity (Wildman–Crippen MR) is 63.9 cm³/mol. The third kappa shape index (κ3) is 2.80. The molecule has 0 bridgehead atoms. The lowest BCUT2D eigenvalue weighted by Gasteiger charge is -2.39. The molecule has 1 rings (SSSR count). The summed E-state index contributed by atoms with van der Waals surface area (Å²) in [6, 6.07) is 2.09. The van der Waals surface area contributed by atoms with Crippen molar-refractivity contribution < 1.29 is 4.74 Å². The van der Waals surface area contributed by atoms with Gasteiger partial charge in [-0.1, -0.05) is 12.2 Å². The summed E-state index contributed by atoms with van der Waals surface area (Å²) in [6.45, 7) is 8.42. The molecule has 0 aromatic heterocycles. The Balaban J connectivity index is 2.62. The Morgan fingerprint density at radius 3 is 2.36 bits per heavy atom. The number of ether oxygens (including phenoxy) is 1. The first-order chi connectivity index (χ1) is 6.73. The third-order valence-corrected chi connectivity index (χ3v) is 6.57. The molecule has 0 aromatic carbocycles. The van der Waals surface area contributed by atoms with Crippen molar-refractivity contribution in [3.63, 3.8) is 0 Å². The zero-order valence-corrected chi connectivity index (χ0v) is 10.0. The third-order valence-electron chi connectivity index (χ3n) is 2.93. The van der Waals surface area contributed by atoms with Crippen molar-refractivity contribution in [1.29, 1.82) is 0 Å². The van der Waals surface area contributed by atoms with Gasteiger partial charge in [0.2, 0.25) is 0 Å². The first-order valence-electron chi connectivity index (χ1n) is 5.37. The molecule has 0 radical (unpaired) electrons. The SMILES string of the molecule is C=CC[SiH](CC=C)C1(N)CCCCO1. The second kappa shape index (κ2) is 5.49. The van der Waals surface area contributed by atoms with E-state index in [4.69, 9.17) is 10.5 Å². The molecule has 2 nitrogen and oxygen atoms in total. The molecule has 1 aliphatic rings. The molecule has 1 unspecified atom stereocenters. The molecule has 0 aromatic rings. The standard InChI is InChI=1S/C11H21NOSi/c1-3-9-14(10-4-2)11(12)7-5-6-8-13-11/h3-4,14H,1-2,5-10,12H2. The van der Waals surface area contributed by atoms with Crippen LogP contribution in [0.1, 0.15) is 19.3 Å². The molecule has 3 heteroatoms. The summed E-state index contributed by atoms with van der Waals surface area (Å²) in [5, 5.41) is -0.305. The first kappa shape index (κ1) is 11.7. The maximum absolute atomic E-state index is 6.32. The second-order valence-corrected chi connectivity index (χ2v) is 7.32. The van der Waals surface area contributed by atoms with Gasteiger partial charge in [0.25, 0.3) is 0 Å². The highest BCUT2D eigenvalue weighted by Gasteiger charge is 2.36. The molecule has 1 aliphatic heterocycles. The quantitative estimate of drug-likeness (QED) is 0.557. The van der Waals surface area contributed by atoms with E-state index in [1.807, 2.05) is 12.2 Å². The summed E-state index contributed by atoms with van der Waals surface area (Å²) < 4.78 is 5.78. The molecular weight excluding hydrogens is 190 g/mol. The number of nitrogens with two attached hydrogens (primary N) is 1. The fourth-order valence-corrected chi connectivity index (χ4v) is 4.82. The number of hydrogen-bond acceptors (Lipinski definition) is 2. The summed E-state index contributed by atoms with van der Waals surface area (Å²) in [4.78, 5) is 0. The van der Waals surface area contributed by atoms with Crippen LogP contribution in [0.25, 0.3) is 0 Å². The number of allylic oxidation sites excluding steroid dienone is 2. The van der Waals surface area contributed by atoms with Crippen molar-refractivity contribution in [3.05, 3.63) is 25.3 Å². The van der Waals surface area contributed by atoms with Crippen LogP contribution in [0.4, 0.5) is 0 Å². The van der Waals surface area contributed by atoms with E-state index in [0.717, 1.165) is 31.5 Å². The van der Waals surface area contributed by atoms with E-state index in [-0.39, 0.29) is 5.35 Å². The van der Waals surface area contributed by atoms with Gasteiger partial charge in [-0.25, -0.2) is 0 Å². The van der Waals surface area contributed by atoms with Gasteiger partial charge in [0.1, 0.15) is 8.80 Å². The van der Waals surface area contributed by atoms with E-state index < -0.39 is 8.80 Å². The maximum Gasteiger partial charge on any atom is 0.101 e. The van der Waals surface area contributed by atoms with Gasteiger partial charge in [-0.2, -0.15) is 0 Å². The predicted octanol–water partition coefficient (Wildman–Crippen LogP) is 1.98. The topological polar surface area (TPSA) is 35.2 Å². The second-order valence-electron chi connectivity index (χ2n) is 4.01. The highest BCUT2D eigenvalue weighted by molar-refractivity contribution is 6.62. The van der Waals surface area contributed by atoms with Crippen molar-refractivity contribution in [3.8, 4) is 0 Å². The Morgan fingerprint density at radius 2 is 1.93 bits per heavy atom. The lowest BCUT2D eigenvalue weighted by molar-refractivity contribution is -0.0188. The van der Waals surface area contributed by atoms with E-state index in [0.29, 0.717) is 0 Å². The van der Waals surface area contributed by atoms with Crippen LogP contribution in [0.3, 0.4) is 0 Å². The minimum atomic E-state index is -1.11. The van der Waals surface area contributed by atoms with Crippen LogP contribution in [0.15, 0.2) is 25.3 Å². The average molecular weight is 211 g/mol. The van der Waals surface area contributed by atoms with E-state index in [9.17, 15) is 0 Å². The highest BCUT2D eigenvalue weighted by atomic mass is 28.3. The zero-order chi connectivity index (χ0) is 10.4. The fourth-order valence-electron chi connectivity index (χ4n) is 2.06. The van der Waals surface area contributed by atoms with Gasteiger partial charge in [-0.15, -0.1) is 13.2 Å². The largest absolute Gasteiger partial charge is 0.365 e. The summed E-state index contributed by atoms with van der Waals surface area (Å²) in [6.07, 6.45) is 7.34. The molecule has 2 N–H and O–H groups in total. The van der Waals surface area contributed by atoms with Crippen molar-refractivity contribution in [2.45, 2.75) is 36.7 Å². The van der Waals surface area contributed by atoms with Crippen LogP contribution in [0.5, 0.6) is 0 Å². The van der Waals surface area contributed by atoms with Gasteiger partial charge >= 0.3 is 0 Å². The van der Waals surface area contributed by atoms with Crippen molar-refractivity contribution in [1.82, 2.24) is 0 Å². The summed E-state index contributed by atoms with van der Waals surface area (Å²) in [7, 11) is -1.11. The van der Waals surface area contributed by atoms with Gasteiger partial charge in [0.15, 0.2) is 0 Å². The number of rotatable bonds is 5. The lowest BCUT2D eigenvalue weighted by atomic mass is 10.2. The molecule has 1 fully saturated rings. The van der Waals surface area contributed by atoms with Crippen LogP contribution in [-0.4, -0.2) is 20.8 Å². The van der Waals surface area contributed by atoms with Crippen LogP contribution in [0, 0.1) is 0 Å². The van der Waals surface area contributed by atoms with Gasteiger partial charge in [0.05, 0.1) is 5.35 Å². The molecule has 1 saturated heterocycles. The molecule has 1 heterocycles. The zero-order valence-electron chi connectivity index (χ0n) is 8.87. The Kier molecular flexibility index (Phi) is 4.58.